The van der Waals surface area contributed by atoms with Crippen LogP contribution < -0.4 is 19.5 Å². The highest BCUT2D eigenvalue weighted by molar-refractivity contribution is 7.87. The first-order valence-corrected chi connectivity index (χ1v) is 14.2. The van der Waals surface area contributed by atoms with Gasteiger partial charge in [0.05, 0.1) is 5.02 Å². The predicted molar refractivity (Wildman–Crippen MR) is 139 cm³/mol. The first-order chi connectivity index (χ1) is 16.6. The second kappa shape index (κ2) is 11.0. The summed E-state index contributed by atoms with van der Waals surface area (Å²) in [6.07, 6.45) is 3.55. The van der Waals surface area contributed by atoms with Crippen molar-refractivity contribution in [1.29, 1.82) is 0 Å². The number of rotatable bonds is 9. The van der Waals surface area contributed by atoms with Crippen molar-refractivity contribution >= 4 is 45.0 Å². The van der Waals surface area contributed by atoms with Crippen LogP contribution in [0.1, 0.15) is 44.2 Å². The largest absolute Gasteiger partial charge is 0.479 e. The van der Waals surface area contributed by atoms with Gasteiger partial charge in [-0.1, -0.05) is 36.2 Å². The molecular weight excluding hydrogens is 509 g/mol. The lowest BCUT2D eigenvalue weighted by Gasteiger charge is -2.23. The Balaban J connectivity index is 1.42. The molecule has 10 heteroatoms. The average molecular weight is 541 g/mol. The van der Waals surface area contributed by atoms with Crippen LogP contribution >= 0.6 is 23.2 Å². The molecule has 1 amide bonds. The lowest BCUT2D eigenvalue weighted by atomic mass is 9.93. The van der Waals surface area contributed by atoms with E-state index in [-0.39, 0.29) is 23.8 Å². The summed E-state index contributed by atoms with van der Waals surface area (Å²) in [5.74, 6) is 0.578. The molecule has 2 aliphatic carbocycles. The maximum Gasteiger partial charge on any atom is 0.277 e. The molecule has 0 radical (unpaired) electrons. The van der Waals surface area contributed by atoms with Crippen LogP contribution in [0.4, 0.5) is 5.69 Å². The topological polar surface area (TPSA) is 96.5 Å². The number of anilines is 1. The highest BCUT2D eigenvalue weighted by Gasteiger charge is 2.41. The van der Waals surface area contributed by atoms with E-state index in [1.165, 1.54) is 5.56 Å². The Labute approximate surface area is 217 Å². The molecule has 0 saturated heterocycles. The Morgan fingerprint density at radius 3 is 2.49 bits per heavy atom. The normalized spacial score (nSPS) is 22.2. The Morgan fingerprint density at radius 1 is 1.09 bits per heavy atom. The first-order valence-electron chi connectivity index (χ1n) is 12.0. The summed E-state index contributed by atoms with van der Waals surface area (Å²) in [7, 11) is -3.53. The molecule has 4 rings (SSSR count). The third kappa shape index (κ3) is 6.49. The number of fused-ring (bicyclic) bond motifs is 3. The Hall–Kier alpha value is -1.84. The van der Waals surface area contributed by atoms with E-state index in [2.05, 4.69) is 14.8 Å². The van der Waals surface area contributed by atoms with Crippen LogP contribution in [0, 0.1) is 11.8 Å². The smallest absolute Gasteiger partial charge is 0.277 e. The van der Waals surface area contributed by atoms with Crippen LogP contribution in [0.25, 0.3) is 0 Å². The number of carbonyl (C=O) groups is 1. The van der Waals surface area contributed by atoms with Gasteiger partial charge in [-0.15, -0.1) is 0 Å². The first kappa shape index (κ1) is 26.2. The third-order valence-electron chi connectivity index (χ3n) is 6.76. The average Bonchev–Trinajstić information content (AvgIpc) is 3.07. The van der Waals surface area contributed by atoms with Crippen molar-refractivity contribution < 1.29 is 17.9 Å². The number of amides is 1. The van der Waals surface area contributed by atoms with Crippen LogP contribution in [-0.4, -0.2) is 33.0 Å². The number of halogens is 2. The summed E-state index contributed by atoms with van der Waals surface area (Å²) in [5.41, 5.74) is 3.04. The van der Waals surface area contributed by atoms with E-state index >= 15 is 0 Å². The maximum atomic E-state index is 12.8. The second-order valence-corrected chi connectivity index (χ2v) is 11.7. The molecule has 3 N–H and O–H groups in total. The second-order valence-electron chi connectivity index (χ2n) is 9.35. The molecule has 4 atom stereocenters. The van der Waals surface area contributed by atoms with E-state index in [9.17, 15) is 13.2 Å². The van der Waals surface area contributed by atoms with Crippen molar-refractivity contribution in [2.75, 3.05) is 11.9 Å². The molecular formula is C25H31Cl2N3O4S. The number of hydrogen-bond donors (Lipinski definition) is 3. The van der Waals surface area contributed by atoms with E-state index in [0.717, 1.165) is 37.7 Å². The monoisotopic (exact) mass is 539 g/mol. The van der Waals surface area contributed by atoms with Crippen molar-refractivity contribution in [2.24, 2.45) is 11.8 Å². The zero-order valence-corrected chi connectivity index (χ0v) is 22.1. The van der Waals surface area contributed by atoms with Crippen LogP contribution in [0.3, 0.4) is 0 Å². The molecule has 2 aliphatic rings. The molecule has 1 saturated carbocycles. The zero-order valence-electron chi connectivity index (χ0n) is 19.8. The van der Waals surface area contributed by atoms with E-state index < -0.39 is 16.3 Å². The van der Waals surface area contributed by atoms with Crippen LogP contribution in [0.2, 0.25) is 10.0 Å². The lowest BCUT2D eigenvalue weighted by Crippen LogP contribution is -2.47. The molecule has 1 fully saturated rings. The highest BCUT2D eigenvalue weighted by Crippen LogP contribution is 2.41. The van der Waals surface area contributed by atoms with Gasteiger partial charge in [-0.2, -0.15) is 13.1 Å². The SMILES string of the molecule is CCCNS(=O)(=O)N[C@@H]1[C@@H]2CC[C@H]1Cc1cc(NC(=O)C(C)Oc3ccc(Cl)cc3Cl)ccc1C2. The maximum absolute atomic E-state index is 12.8. The molecule has 0 spiro atoms. The van der Waals surface area contributed by atoms with Gasteiger partial charge in [0, 0.05) is 23.3 Å². The fourth-order valence-corrected chi connectivity index (χ4v) is 6.75. The summed E-state index contributed by atoms with van der Waals surface area (Å²) in [5, 5.41) is 3.76. The molecule has 0 aliphatic heterocycles. The van der Waals surface area contributed by atoms with E-state index in [1.807, 2.05) is 25.1 Å². The summed E-state index contributed by atoms with van der Waals surface area (Å²) in [4.78, 5) is 12.8. The minimum atomic E-state index is -3.53. The molecule has 2 aromatic carbocycles. The molecule has 0 heterocycles. The number of benzene rings is 2. The minimum Gasteiger partial charge on any atom is -0.479 e. The van der Waals surface area contributed by atoms with E-state index in [0.29, 0.717) is 28.0 Å². The van der Waals surface area contributed by atoms with Crippen molar-refractivity contribution in [3.8, 4) is 5.75 Å². The molecule has 1 unspecified atom stereocenters. The fraction of sp³-hybridized carbons (Fsp3) is 0.480. The summed E-state index contributed by atoms with van der Waals surface area (Å²) >= 11 is 12.1. The molecule has 2 bridgehead atoms. The highest BCUT2D eigenvalue weighted by atomic mass is 35.5. The van der Waals surface area contributed by atoms with Gasteiger partial charge >= 0.3 is 0 Å². The standard InChI is InChI=1S/C25H31Cl2N3O4S/c1-3-10-28-35(32,33)30-24-17-4-5-18(24)12-19-13-21(8-6-16(19)11-17)29-25(31)15(2)34-23-9-7-20(26)14-22(23)27/h6-9,13-15,17-18,24,28,30H,3-5,10-12H2,1-2H3,(H,29,31)/t15?,17-,18+,24-/m1/s1. The molecule has 2 aromatic rings. The number of nitrogens with one attached hydrogen (secondary N) is 3. The van der Waals surface area contributed by atoms with Gasteiger partial charge < -0.3 is 10.1 Å². The van der Waals surface area contributed by atoms with Gasteiger partial charge in [0.2, 0.25) is 0 Å². The zero-order chi connectivity index (χ0) is 25.2. The van der Waals surface area contributed by atoms with Crippen LogP contribution in [0.5, 0.6) is 5.75 Å². The van der Waals surface area contributed by atoms with Crippen molar-refractivity contribution in [1.82, 2.24) is 9.44 Å². The lowest BCUT2D eigenvalue weighted by molar-refractivity contribution is -0.122. The molecule has 0 aromatic heterocycles. The number of carbonyl (C=O) groups excluding carboxylic acids is 1. The number of ether oxygens (including phenoxy) is 1. The van der Waals surface area contributed by atoms with Gasteiger partial charge in [0.25, 0.3) is 16.1 Å². The van der Waals surface area contributed by atoms with Crippen LogP contribution in [0.15, 0.2) is 36.4 Å². The van der Waals surface area contributed by atoms with Crippen molar-refractivity contribution in [2.45, 2.75) is 58.1 Å². The Kier molecular flexibility index (Phi) is 8.28. The minimum absolute atomic E-state index is 0.0904. The van der Waals surface area contributed by atoms with E-state index in [4.69, 9.17) is 27.9 Å². The van der Waals surface area contributed by atoms with Gasteiger partial charge in [-0.05, 0) is 92.3 Å². The van der Waals surface area contributed by atoms with Gasteiger partial charge in [-0.3, -0.25) is 4.79 Å². The predicted octanol–water partition coefficient (Wildman–Crippen LogP) is 4.73. The van der Waals surface area contributed by atoms with Gasteiger partial charge in [0.15, 0.2) is 6.10 Å². The van der Waals surface area contributed by atoms with E-state index in [1.54, 1.807) is 25.1 Å². The number of hydrogen-bond acceptors (Lipinski definition) is 4. The van der Waals surface area contributed by atoms with Crippen LogP contribution in [-0.2, 0) is 27.8 Å². The summed E-state index contributed by atoms with van der Waals surface area (Å²) in [6, 6.07) is 10.7. The molecule has 35 heavy (non-hydrogen) atoms. The Bertz CT molecular complexity index is 1190. The fourth-order valence-electron chi connectivity index (χ4n) is 5.00. The van der Waals surface area contributed by atoms with Crippen molar-refractivity contribution in [3.05, 3.63) is 57.6 Å². The summed E-state index contributed by atoms with van der Waals surface area (Å²) in [6.45, 7) is 4.02. The van der Waals surface area contributed by atoms with Crippen molar-refractivity contribution in [3.63, 3.8) is 0 Å². The molecule has 190 valence electrons. The summed E-state index contributed by atoms with van der Waals surface area (Å²) < 4.78 is 36.2. The van der Waals surface area contributed by atoms with Gasteiger partial charge in [-0.25, -0.2) is 4.72 Å². The quantitative estimate of drug-likeness (QED) is 0.429. The Morgan fingerprint density at radius 2 is 1.80 bits per heavy atom. The third-order valence-corrected chi connectivity index (χ3v) is 8.46. The van der Waals surface area contributed by atoms with Gasteiger partial charge in [0.1, 0.15) is 5.75 Å². The molecule has 7 nitrogen and oxygen atoms in total.